The van der Waals surface area contributed by atoms with E-state index in [0.29, 0.717) is 12.2 Å². The molecule has 0 unspecified atom stereocenters. The van der Waals surface area contributed by atoms with Gasteiger partial charge in [-0.25, -0.2) is 8.42 Å². The predicted molar refractivity (Wildman–Crippen MR) is 125 cm³/mol. The number of sulfonamides is 1. The number of aryl methyl sites for hydroxylation is 1. The largest absolute Gasteiger partial charge is 0.350 e. The van der Waals surface area contributed by atoms with E-state index in [4.69, 9.17) is 0 Å². The minimum atomic E-state index is -3.61. The van der Waals surface area contributed by atoms with Crippen LogP contribution >= 0.6 is 0 Å². The van der Waals surface area contributed by atoms with E-state index in [2.05, 4.69) is 22.3 Å². The molecule has 0 aliphatic carbocycles. The van der Waals surface area contributed by atoms with Crippen molar-refractivity contribution in [2.75, 3.05) is 23.7 Å². The van der Waals surface area contributed by atoms with Gasteiger partial charge in [0.2, 0.25) is 15.9 Å². The third-order valence-corrected chi connectivity index (χ3v) is 6.93. The van der Waals surface area contributed by atoms with Gasteiger partial charge in [-0.15, -0.1) is 0 Å². The van der Waals surface area contributed by atoms with Crippen LogP contribution in [0, 0.1) is 6.92 Å². The van der Waals surface area contributed by atoms with Crippen LogP contribution in [0.15, 0.2) is 48.5 Å². The molecule has 1 fully saturated rings. The molecular formula is C24H33N3O3S. The minimum absolute atomic E-state index is 0.326. The van der Waals surface area contributed by atoms with Gasteiger partial charge in [0, 0.05) is 13.1 Å². The first-order valence-electron chi connectivity index (χ1n) is 10.9. The minimum Gasteiger partial charge on any atom is -0.350 e. The summed E-state index contributed by atoms with van der Waals surface area (Å²) in [5, 5.41) is 2.90. The van der Waals surface area contributed by atoms with Gasteiger partial charge < -0.3 is 5.32 Å². The number of hydrogen-bond acceptors (Lipinski definition) is 4. The molecule has 31 heavy (non-hydrogen) atoms. The van der Waals surface area contributed by atoms with Crippen LogP contribution in [0.4, 0.5) is 5.69 Å². The zero-order valence-electron chi connectivity index (χ0n) is 18.7. The van der Waals surface area contributed by atoms with Crippen molar-refractivity contribution in [2.24, 2.45) is 0 Å². The van der Waals surface area contributed by atoms with E-state index >= 15 is 0 Å². The summed E-state index contributed by atoms with van der Waals surface area (Å²) in [6, 6.07) is 14.5. The summed E-state index contributed by atoms with van der Waals surface area (Å²) >= 11 is 0. The summed E-state index contributed by atoms with van der Waals surface area (Å²) in [5.41, 5.74) is 3.76. The van der Waals surface area contributed by atoms with E-state index in [0.717, 1.165) is 37.0 Å². The predicted octanol–water partition coefficient (Wildman–Crippen LogP) is 3.45. The van der Waals surface area contributed by atoms with Gasteiger partial charge in [-0.1, -0.05) is 48.4 Å². The van der Waals surface area contributed by atoms with Crippen LogP contribution in [0.25, 0.3) is 0 Å². The Labute approximate surface area is 186 Å². The molecule has 1 atom stereocenters. The number of hydrogen-bond donors (Lipinski definition) is 1. The van der Waals surface area contributed by atoms with Crippen LogP contribution in [-0.2, 0) is 27.9 Å². The maximum Gasteiger partial charge on any atom is 0.243 e. The van der Waals surface area contributed by atoms with Crippen molar-refractivity contribution in [2.45, 2.75) is 52.2 Å². The second-order valence-corrected chi connectivity index (χ2v) is 10.3. The first kappa shape index (κ1) is 23.3. The molecule has 1 N–H and O–H groups in total. The SMILES string of the molecule is Cc1ccc(N([C@H](C)C(=O)NCc2cccc(CN3CCCCC3)c2)S(C)(=O)=O)cc1. The highest BCUT2D eigenvalue weighted by atomic mass is 32.2. The lowest BCUT2D eigenvalue weighted by atomic mass is 10.1. The van der Waals surface area contributed by atoms with Gasteiger partial charge >= 0.3 is 0 Å². The smallest absolute Gasteiger partial charge is 0.243 e. The monoisotopic (exact) mass is 443 g/mol. The van der Waals surface area contributed by atoms with Gasteiger partial charge in [0.05, 0.1) is 11.9 Å². The third kappa shape index (κ3) is 6.55. The summed E-state index contributed by atoms with van der Waals surface area (Å²) in [6.07, 6.45) is 4.95. The number of nitrogens with one attached hydrogen (secondary N) is 1. The van der Waals surface area contributed by atoms with Crippen molar-refractivity contribution in [1.29, 1.82) is 0 Å². The Morgan fingerprint density at radius 3 is 2.35 bits per heavy atom. The molecule has 1 saturated heterocycles. The Morgan fingerprint density at radius 1 is 1.06 bits per heavy atom. The Kier molecular flexibility index (Phi) is 7.73. The average Bonchev–Trinajstić information content (AvgIpc) is 2.73. The van der Waals surface area contributed by atoms with Crippen molar-refractivity contribution in [3.05, 3.63) is 65.2 Å². The first-order chi connectivity index (χ1) is 14.7. The number of amides is 1. The molecule has 2 aromatic carbocycles. The normalized spacial score (nSPS) is 16.0. The van der Waals surface area contributed by atoms with Crippen LogP contribution in [-0.4, -0.2) is 44.6 Å². The molecule has 168 valence electrons. The van der Waals surface area contributed by atoms with E-state index < -0.39 is 16.1 Å². The number of nitrogens with zero attached hydrogens (tertiary/aromatic N) is 2. The van der Waals surface area contributed by atoms with E-state index in [9.17, 15) is 13.2 Å². The molecular weight excluding hydrogens is 410 g/mol. The average molecular weight is 444 g/mol. The second-order valence-electron chi connectivity index (χ2n) is 8.44. The van der Waals surface area contributed by atoms with Gasteiger partial charge in [-0.3, -0.25) is 14.0 Å². The van der Waals surface area contributed by atoms with Gasteiger partial charge in [0.15, 0.2) is 0 Å². The molecule has 0 saturated carbocycles. The Bertz CT molecular complexity index is 983. The van der Waals surface area contributed by atoms with E-state index in [1.165, 1.54) is 29.1 Å². The highest BCUT2D eigenvalue weighted by molar-refractivity contribution is 7.92. The van der Waals surface area contributed by atoms with Gasteiger partial charge in [0.25, 0.3) is 0 Å². The number of piperidine rings is 1. The van der Waals surface area contributed by atoms with Crippen molar-refractivity contribution in [1.82, 2.24) is 10.2 Å². The Balaban J connectivity index is 1.64. The molecule has 0 bridgehead atoms. The third-order valence-electron chi connectivity index (χ3n) is 5.69. The van der Waals surface area contributed by atoms with E-state index in [1.54, 1.807) is 19.1 Å². The van der Waals surface area contributed by atoms with Crippen LogP contribution in [0.3, 0.4) is 0 Å². The quantitative estimate of drug-likeness (QED) is 0.678. The van der Waals surface area contributed by atoms with Crippen molar-refractivity contribution >= 4 is 21.6 Å². The van der Waals surface area contributed by atoms with Crippen molar-refractivity contribution in [3.63, 3.8) is 0 Å². The van der Waals surface area contributed by atoms with Gasteiger partial charge in [0.1, 0.15) is 6.04 Å². The van der Waals surface area contributed by atoms with Crippen LogP contribution in [0.5, 0.6) is 0 Å². The summed E-state index contributed by atoms with van der Waals surface area (Å²) in [5.74, 6) is -0.326. The van der Waals surface area contributed by atoms with Crippen molar-refractivity contribution in [3.8, 4) is 0 Å². The lowest BCUT2D eigenvalue weighted by Gasteiger charge is -2.28. The zero-order chi connectivity index (χ0) is 22.4. The molecule has 0 spiro atoms. The maximum absolute atomic E-state index is 12.8. The fraction of sp³-hybridized carbons (Fsp3) is 0.458. The summed E-state index contributed by atoms with van der Waals surface area (Å²) in [7, 11) is -3.61. The molecule has 1 aliphatic rings. The lowest BCUT2D eigenvalue weighted by molar-refractivity contribution is -0.122. The van der Waals surface area contributed by atoms with Crippen molar-refractivity contribution < 1.29 is 13.2 Å². The van der Waals surface area contributed by atoms with E-state index in [1.807, 2.05) is 31.2 Å². The highest BCUT2D eigenvalue weighted by Gasteiger charge is 2.28. The van der Waals surface area contributed by atoms with E-state index in [-0.39, 0.29) is 5.91 Å². The highest BCUT2D eigenvalue weighted by Crippen LogP contribution is 2.21. The summed E-state index contributed by atoms with van der Waals surface area (Å²) < 4.78 is 26.0. The standard InChI is InChI=1S/C24H33N3O3S/c1-19-10-12-23(13-11-19)27(31(3,29)30)20(2)24(28)25-17-21-8-7-9-22(16-21)18-26-14-5-4-6-15-26/h7-13,16,20H,4-6,14-15,17-18H2,1-3H3,(H,25,28)/t20-/m1/s1. The van der Waals surface area contributed by atoms with Crippen LogP contribution in [0.1, 0.15) is 42.9 Å². The Morgan fingerprint density at radius 2 is 1.71 bits per heavy atom. The number of carbonyl (C=O) groups excluding carboxylic acids is 1. The number of carbonyl (C=O) groups is 1. The number of anilines is 1. The molecule has 3 rings (SSSR count). The lowest BCUT2D eigenvalue weighted by Crippen LogP contribution is -2.47. The van der Waals surface area contributed by atoms with Crippen LogP contribution < -0.4 is 9.62 Å². The first-order valence-corrected chi connectivity index (χ1v) is 12.7. The van der Waals surface area contributed by atoms with Gasteiger partial charge in [-0.2, -0.15) is 0 Å². The number of rotatable bonds is 8. The summed E-state index contributed by atoms with van der Waals surface area (Å²) in [4.78, 5) is 15.3. The molecule has 6 nitrogen and oxygen atoms in total. The molecule has 7 heteroatoms. The molecule has 1 amide bonds. The molecule has 0 radical (unpaired) electrons. The summed E-state index contributed by atoms with van der Waals surface area (Å²) in [6.45, 7) is 7.11. The zero-order valence-corrected chi connectivity index (χ0v) is 19.5. The topological polar surface area (TPSA) is 69.7 Å². The number of benzene rings is 2. The molecule has 1 aliphatic heterocycles. The number of likely N-dealkylation sites (tertiary alicyclic amines) is 1. The molecule has 2 aromatic rings. The fourth-order valence-corrected chi connectivity index (χ4v) is 5.23. The maximum atomic E-state index is 12.8. The fourth-order valence-electron chi connectivity index (χ4n) is 4.05. The Hall–Kier alpha value is -2.38. The molecule has 0 aromatic heterocycles. The second kappa shape index (κ2) is 10.3. The molecule has 1 heterocycles. The van der Waals surface area contributed by atoms with Crippen LogP contribution in [0.2, 0.25) is 0 Å². The van der Waals surface area contributed by atoms with Gasteiger partial charge in [-0.05, 0) is 63.0 Å².